The van der Waals surface area contributed by atoms with Gasteiger partial charge >= 0.3 is 8.25 Å². The maximum Gasteiger partial charge on any atom is 0.314 e. The van der Waals surface area contributed by atoms with Crippen molar-refractivity contribution in [2.24, 2.45) is 0 Å². The molecular formula is C12H15O3P. The van der Waals surface area contributed by atoms with Gasteiger partial charge in [0.05, 0.1) is 0 Å². The Morgan fingerprint density at radius 2 is 0.562 bits per heavy atom. The number of benzene rings is 2. The van der Waals surface area contributed by atoms with Crippen LogP contribution in [-0.2, 0) is 4.57 Å². The second kappa shape index (κ2) is 11.7. The Balaban J connectivity index is 0.000000217. The highest BCUT2D eigenvalue weighted by molar-refractivity contribution is 7.30. The van der Waals surface area contributed by atoms with Crippen LogP contribution in [0.25, 0.3) is 0 Å². The molecule has 2 rings (SSSR count). The van der Waals surface area contributed by atoms with E-state index in [4.69, 9.17) is 14.4 Å². The molecule has 2 N–H and O–H groups in total. The molecule has 86 valence electrons. The molecule has 0 amide bonds. The molecule has 0 unspecified atom stereocenters. The summed E-state index contributed by atoms with van der Waals surface area (Å²) >= 11 is 0. The predicted molar refractivity (Wildman–Crippen MR) is 66.3 cm³/mol. The zero-order valence-corrected chi connectivity index (χ0v) is 9.73. The van der Waals surface area contributed by atoms with Gasteiger partial charge in [-0.1, -0.05) is 72.8 Å². The molecule has 0 fully saturated rings. The van der Waals surface area contributed by atoms with Crippen molar-refractivity contribution in [3.8, 4) is 0 Å². The Hall–Kier alpha value is -1.41. The largest absolute Gasteiger partial charge is 0.326 e. The lowest BCUT2D eigenvalue weighted by molar-refractivity contribution is 0.405. The zero-order valence-electron chi connectivity index (χ0n) is 8.73. The van der Waals surface area contributed by atoms with Crippen molar-refractivity contribution < 1.29 is 14.4 Å². The summed E-state index contributed by atoms with van der Waals surface area (Å²) in [5.74, 6) is 0. The minimum absolute atomic E-state index is 2.00. The van der Waals surface area contributed by atoms with Crippen molar-refractivity contribution in [1.82, 2.24) is 0 Å². The molecule has 0 radical (unpaired) electrons. The molecule has 0 aliphatic rings. The van der Waals surface area contributed by atoms with Gasteiger partial charge in [0.1, 0.15) is 0 Å². The average molecular weight is 238 g/mol. The smallest absolute Gasteiger partial charge is 0.314 e. The molecule has 4 heteroatoms. The molecule has 0 aliphatic heterocycles. The normalized spacial score (nSPS) is 8.19. The first-order chi connectivity index (χ1) is 7.73. The molecule has 3 nitrogen and oxygen atoms in total. The third-order valence-corrected chi connectivity index (χ3v) is 1.33. The molecule has 0 saturated heterocycles. The first kappa shape index (κ1) is 14.6. The fourth-order valence-corrected chi connectivity index (χ4v) is 0.770. The summed E-state index contributed by atoms with van der Waals surface area (Å²) < 4.78 is 8.74. The van der Waals surface area contributed by atoms with Gasteiger partial charge in [0, 0.05) is 0 Å². The van der Waals surface area contributed by atoms with Gasteiger partial charge in [-0.05, 0) is 0 Å². The summed E-state index contributed by atoms with van der Waals surface area (Å²) in [4.78, 5) is 14.3. The van der Waals surface area contributed by atoms with Crippen molar-refractivity contribution >= 4 is 8.25 Å². The Bertz CT molecular complexity index is 262. The summed E-state index contributed by atoms with van der Waals surface area (Å²) in [6, 6.07) is 24.0. The molecule has 16 heavy (non-hydrogen) atoms. The first-order valence-electron chi connectivity index (χ1n) is 4.65. The maximum absolute atomic E-state index is 8.74. The Kier molecular flexibility index (Phi) is 10.6. The van der Waals surface area contributed by atoms with E-state index in [0.717, 1.165) is 0 Å². The quantitative estimate of drug-likeness (QED) is 0.694. The minimum Gasteiger partial charge on any atom is -0.326 e. The minimum atomic E-state index is -3.13. The van der Waals surface area contributed by atoms with Gasteiger partial charge in [-0.15, -0.1) is 0 Å². The maximum atomic E-state index is 8.74. The Morgan fingerprint density at radius 1 is 0.500 bits per heavy atom. The van der Waals surface area contributed by atoms with E-state index in [1.165, 1.54) is 0 Å². The van der Waals surface area contributed by atoms with Gasteiger partial charge in [0.2, 0.25) is 0 Å². The SMILES string of the molecule is O=[PH](O)O.c1ccccc1.c1ccccc1. The Morgan fingerprint density at radius 3 is 0.625 bits per heavy atom. The van der Waals surface area contributed by atoms with Crippen LogP contribution >= 0.6 is 8.25 Å². The number of rotatable bonds is 0. The second-order valence-corrected chi connectivity index (χ2v) is 3.16. The van der Waals surface area contributed by atoms with Gasteiger partial charge in [0.25, 0.3) is 0 Å². The lowest BCUT2D eigenvalue weighted by atomic mass is 10.4. The lowest BCUT2D eigenvalue weighted by Gasteiger charge is -1.69. The van der Waals surface area contributed by atoms with E-state index in [2.05, 4.69) is 0 Å². The van der Waals surface area contributed by atoms with Crippen LogP contribution in [0.1, 0.15) is 0 Å². The summed E-state index contributed by atoms with van der Waals surface area (Å²) in [5.41, 5.74) is 0. The second-order valence-electron chi connectivity index (χ2n) is 2.59. The fraction of sp³-hybridized carbons (Fsp3) is 0. The van der Waals surface area contributed by atoms with E-state index in [0.29, 0.717) is 0 Å². The van der Waals surface area contributed by atoms with Gasteiger partial charge in [0.15, 0.2) is 0 Å². The van der Waals surface area contributed by atoms with Crippen LogP contribution in [0.4, 0.5) is 0 Å². The molecule has 0 saturated carbocycles. The summed E-state index contributed by atoms with van der Waals surface area (Å²) in [6.45, 7) is 0. The van der Waals surface area contributed by atoms with Crippen LogP contribution in [0.5, 0.6) is 0 Å². The summed E-state index contributed by atoms with van der Waals surface area (Å²) in [5, 5.41) is 0. The first-order valence-corrected chi connectivity index (χ1v) is 5.95. The van der Waals surface area contributed by atoms with Crippen LogP contribution in [0.15, 0.2) is 72.8 Å². The average Bonchev–Trinajstić information content (AvgIpc) is 2.34. The van der Waals surface area contributed by atoms with Gasteiger partial charge in [-0.25, -0.2) is 0 Å². The van der Waals surface area contributed by atoms with Crippen molar-refractivity contribution in [3.63, 3.8) is 0 Å². The van der Waals surface area contributed by atoms with E-state index in [-0.39, 0.29) is 0 Å². The van der Waals surface area contributed by atoms with Gasteiger partial charge in [-0.3, -0.25) is 4.57 Å². The van der Waals surface area contributed by atoms with E-state index in [1.54, 1.807) is 0 Å². The van der Waals surface area contributed by atoms with Crippen LogP contribution in [0, 0.1) is 0 Å². The number of hydrogen-bond acceptors (Lipinski definition) is 1. The van der Waals surface area contributed by atoms with Crippen LogP contribution in [0.2, 0.25) is 0 Å². The van der Waals surface area contributed by atoms with Crippen molar-refractivity contribution in [2.45, 2.75) is 0 Å². The molecular weight excluding hydrogens is 223 g/mol. The van der Waals surface area contributed by atoms with E-state index in [9.17, 15) is 0 Å². The fourth-order valence-electron chi connectivity index (χ4n) is 0.770. The van der Waals surface area contributed by atoms with E-state index < -0.39 is 8.25 Å². The molecule has 0 aliphatic carbocycles. The van der Waals surface area contributed by atoms with E-state index in [1.807, 2.05) is 72.8 Å². The topological polar surface area (TPSA) is 57.5 Å². The third kappa shape index (κ3) is 15.1. The van der Waals surface area contributed by atoms with Crippen LogP contribution in [0.3, 0.4) is 0 Å². The Labute approximate surface area is 96.0 Å². The summed E-state index contributed by atoms with van der Waals surface area (Å²) in [6.07, 6.45) is 0. The van der Waals surface area contributed by atoms with Crippen LogP contribution < -0.4 is 0 Å². The highest BCUT2D eigenvalue weighted by Crippen LogP contribution is 1.98. The van der Waals surface area contributed by atoms with Crippen molar-refractivity contribution in [1.29, 1.82) is 0 Å². The molecule has 0 atom stereocenters. The highest BCUT2D eigenvalue weighted by atomic mass is 31.1. The zero-order chi connectivity index (χ0) is 12.1. The summed E-state index contributed by atoms with van der Waals surface area (Å²) in [7, 11) is -3.13. The van der Waals surface area contributed by atoms with E-state index >= 15 is 0 Å². The van der Waals surface area contributed by atoms with Gasteiger partial charge < -0.3 is 9.79 Å². The molecule has 2 aromatic carbocycles. The predicted octanol–water partition coefficient (Wildman–Crippen LogP) is 2.73. The number of hydrogen-bond donors (Lipinski definition) is 2. The molecule has 2 aromatic rings. The monoisotopic (exact) mass is 238 g/mol. The molecule has 0 heterocycles. The highest BCUT2D eigenvalue weighted by Gasteiger charge is 1.61. The molecule has 0 spiro atoms. The van der Waals surface area contributed by atoms with Gasteiger partial charge in [-0.2, -0.15) is 0 Å². The van der Waals surface area contributed by atoms with Crippen LogP contribution in [-0.4, -0.2) is 9.79 Å². The standard InChI is InChI=1S/2C6H6.H3O3P/c2*1-2-4-6-5-3-1;1-4(2)3/h2*1-6H;4H,(H2,1,2,3). The lowest BCUT2D eigenvalue weighted by Crippen LogP contribution is -1.47. The third-order valence-electron chi connectivity index (χ3n) is 1.33. The van der Waals surface area contributed by atoms with Crippen molar-refractivity contribution in [3.05, 3.63) is 72.8 Å². The molecule has 0 bridgehead atoms. The van der Waals surface area contributed by atoms with Crippen molar-refractivity contribution in [2.75, 3.05) is 0 Å². The molecule has 0 aromatic heterocycles.